The second kappa shape index (κ2) is 18.1. The molecule has 0 unspecified atom stereocenters. The van der Waals surface area contributed by atoms with Crippen LogP contribution < -0.4 is 0 Å². The third-order valence-corrected chi connectivity index (χ3v) is 10.5. The standard InChI is InChI=1S/C46H54O11/c1-45(2)54-38-36(53-44-42(40(38)55-45)56-46(3,4)57-44)30-51-43-41(50-28-34-23-15-8-16-24-34)39(49-27-33-21-13-7-14-22-33)37(48-26-32-19-11-6-12-20-32)35(52-43)29-47-25-31-17-9-5-10-18-31/h5-24,35-44H,25-30H2,1-4H3/t35-,36-,37-,38+,39+,40+,41-,42-,43-,44-/m1/s1. The number of rotatable bonds is 16. The quantitative estimate of drug-likeness (QED) is 0.116. The van der Waals surface area contributed by atoms with Crippen molar-refractivity contribution >= 4 is 0 Å². The Morgan fingerprint density at radius 2 is 0.877 bits per heavy atom. The third kappa shape index (κ3) is 10.2. The molecule has 4 saturated heterocycles. The van der Waals surface area contributed by atoms with Gasteiger partial charge in [-0.1, -0.05) is 121 Å². The molecule has 8 rings (SSSR count). The van der Waals surface area contributed by atoms with Crippen LogP contribution >= 0.6 is 0 Å². The molecule has 304 valence electrons. The maximum atomic E-state index is 6.91. The second-order valence-corrected chi connectivity index (χ2v) is 15.9. The van der Waals surface area contributed by atoms with Crippen LogP contribution in [0.2, 0.25) is 0 Å². The topological polar surface area (TPSA) is 102 Å². The average Bonchev–Trinajstić information content (AvgIpc) is 3.73. The predicted octanol–water partition coefficient (Wildman–Crippen LogP) is 7.10. The summed E-state index contributed by atoms with van der Waals surface area (Å²) < 4.78 is 72.3. The lowest BCUT2D eigenvalue weighted by Gasteiger charge is -2.46. The number of fused-ring (bicyclic) bond motifs is 3. The van der Waals surface area contributed by atoms with E-state index in [0.29, 0.717) is 26.4 Å². The molecule has 0 aromatic heterocycles. The van der Waals surface area contributed by atoms with Gasteiger partial charge in [-0.05, 0) is 49.9 Å². The van der Waals surface area contributed by atoms with E-state index in [1.807, 2.05) is 149 Å². The monoisotopic (exact) mass is 782 g/mol. The molecule has 10 atom stereocenters. The van der Waals surface area contributed by atoms with Crippen molar-refractivity contribution in [2.24, 2.45) is 0 Å². The molecule has 4 heterocycles. The molecule has 4 fully saturated rings. The molecule has 4 aliphatic rings. The lowest BCUT2D eigenvalue weighted by atomic mass is 9.97. The summed E-state index contributed by atoms with van der Waals surface area (Å²) in [6.07, 6.45) is -6.08. The van der Waals surface area contributed by atoms with Gasteiger partial charge in [-0.3, -0.25) is 0 Å². The van der Waals surface area contributed by atoms with E-state index in [0.717, 1.165) is 22.3 Å². The molecule has 4 aromatic carbocycles. The number of hydrogen-bond acceptors (Lipinski definition) is 11. The van der Waals surface area contributed by atoms with Crippen molar-refractivity contribution in [2.75, 3.05) is 13.2 Å². The van der Waals surface area contributed by atoms with Crippen LogP contribution in [-0.4, -0.2) is 86.2 Å². The molecule has 0 radical (unpaired) electrons. The van der Waals surface area contributed by atoms with Gasteiger partial charge in [0.1, 0.15) is 48.8 Å². The summed E-state index contributed by atoms with van der Waals surface area (Å²) >= 11 is 0. The fourth-order valence-electron chi connectivity index (χ4n) is 7.90. The van der Waals surface area contributed by atoms with Gasteiger partial charge >= 0.3 is 0 Å². The van der Waals surface area contributed by atoms with Gasteiger partial charge in [0.2, 0.25) is 0 Å². The van der Waals surface area contributed by atoms with Crippen LogP contribution in [0.25, 0.3) is 0 Å². The van der Waals surface area contributed by atoms with E-state index >= 15 is 0 Å². The highest BCUT2D eigenvalue weighted by Crippen LogP contribution is 2.44. The SMILES string of the molecule is CC1(C)O[C@H]2[C@@H](O1)[C@@H](CO[C@@H]1O[C@H](COCc3ccccc3)[C@@H](OCc3ccccc3)[C@H](OCc3ccccc3)[C@H]1OCc1ccccc1)O[C@@H]1OC(C)(C)O[C@@H]12. The zero-order valence-corrected chi connectivity index (χ0v) is 33.1. The van der Waals surface area contributed by atoms with Crippen LogP contribution in [-0.2, 0) is 78.5 Å². The first-order chi connectivity index (χ1) is 27.7. The summed E-state index contributed by atoms with van der Waals surface area (Å²) in [6.45, 7) is 9.15. The fraction of sp³-hybridized carbons (Fsp3) is 0.478. The molecule has 0 saturated carbocycles. The molecule has 4 aliphatic heterocycles. The van der Waals surface area contributed by atoms with Crippen molar-refractivity contribution in [3.8, 4) is 0 Å². The summed E-state index contributed by atoms with van der Waals surface area (Å²) in [4.78, 5) is 0. The maximum Gasteiger partial charge on any atom is 0.190 e. The molecule has 4 aromatic rings. The average molecular weight is 783 g/mol. The minimum atomic E-state index is -0.913. The first-order valence-electron chi connectivity index (χ1n) is 19.9. The first-order valence-corrected chi connectivity index (χ1v) is 19.9. The summed E-state index contributed by atoms with van der Waals surface area (Å²) in [5.74, 6) is -1.70. The van der Waals surface area contributed by atoms with Crippen molar-refractivity contribution in [3.05, 3.63) is 144 Å². The number of hydrogen-bond donors (Lipinski definition) is 0. The van der Waals surface area contributed by atoms with E-state index in [-0.39, 0.29) is 13.2 Å². The normalized spacial score (nSPS) is 31.4. The molecule has 0 amide bonds. The van der Waals surface area contributed by atoms with E-state index in [2.05, 4.69) is 0 Å². The molecule has 0 bridgehead atoms. The van der Waals surface area contributed by atoms with Crippen molar-refractivity contribution in [1.82, 2.24) is 0 Å². The van der Waals surface area contributed by atoms with Gasteiger partial charge in [-0.25, -0.2) is 0 Å². The Kier molecular flexibility index (Phi) is 12.8. The van der Waals surface area contributed by atoms with Crippen molar-refractivity contribution in [2.45, 2.75) is 127 Å². The molecular weight excluding hydrogens is 728 g/mol. The van der Waals surface area contributed by atoms with Gasteiger partial charge in [-0.15, -0.1) is 0 Å². The van der Waals surface area contributed by atoms with E-state index in [1.54, 1.807) is 0 Å². The van der Waals surface area contributed by atoms with Crippen LogP contribution in [0.1, 0.15) is 49.9 Å². The summed E-state index contributed by atoms with van der Waals surface area (Å²) in [5.41, 5.74) is 4.08. The fourth-order valence-corrected chi connectivity index (χ4v) is 7.90. The first kappa shape index (κ1) is 40.2. The molecule has 0 aliphatic carbocycles. The number of benzene rings is 4. The highest BCUT2D eigenvalue weighted by atomic mass is 16.9. The van der Waals surface area contributed by atoms with Crippen LogP contribution in [0.5, 0.6) is 0 Å². The lowest BCUT2D eigenvalue weighted by molar-refractivity contribution is -0.337. The molecule has 11 heteroatoms. The van der Waals surface area contributed by atoms with E-state index in [1.165, 1.54) is 0 Å². The smallest absolute Gasteiger partial charge is 0.190 e. The predicted molar refractivity (Wildman–Crippen MR) is 208 cm³/mol. The van der Waals surface area contributed by atoms with Gasteiger partial charge in [0.25, 0.3) is 0 Å². The minimum Gasteiger partial charge on any atom is -0.374 e. The van der Waals surface area contributed by atoms with Gasteiger partial charge in [0.05, 0.1) is 39.6 Å². The third-order valence-electron chi connectivity index (χ3n) is 10.5. The van der Waals surface area contributed by atoms with Crippen molar-refractivity contribution in [1.29, 1.82) is 0 Å². The minimum absolute atomic E-state index is 0.0853. The van der Waals surface area contributed by atoms with Gasteiger partial charge in [-0.2, -0.15) is 0 Å². The molecule has 0 N–H and O–H groups in total. The van der Waals surface area contributed by atoms with Gasteiger partial charge in [0, 0.05) is 0 Å². The molecule has 11 nitrogen and oxygen atoms in total. The highest BCUT2D eigenvalue weighted by Gasteiger charge is 2.61. The van der Waals surface area contributed by atoms with E-state index in [4.69, 9.17) is 52.1 Å². The van der Waals surface area contributed by atoms with E-state index in [9.17, 15) is 0 Å². The van der Waals surface area contributed by atoms with Crippen LogP contribution in [0.3, 0.4) is 0 Å². The van der Waals surface area contributed by atoms with E-state index < -0.39 is 73.0 Å². The Bertz CT molecular complexity index is 1810. The molecular formula is C46H54O11. The summed E-state index contributed by atoms with van der Waals surface area (Å²) in [6, 6.07) is 40.2. The molecule has 0 spiro atoms. The largest absolute Gasteiger partial charge is 0.374 e. The zero-order valence-electron chi connectivity index (χ0n) is 33.1. The maximum absolute atomic E-state index is 6.91. The van der Waals surface area contributed by atoms with Crippen molar-refractivity contribution < 1.29 is 52.1 Å². The summed E-state index contributed by atoms with van der Waals surface area (Å²) in [5, 5.41) is 0. The zero-order chi connectivity index (χ0) is 39.2. The van der Waals surface area contributed by atoms with Crippen LogP contribution in [0.15, 0.2) is 121 Å². The Labute approximate surface area is 335 Å². The summed E-state index contributed by atoms with van der Waals surface area (Å²) in [7, 11) is 0. The Balaban J connectivity index is 1.09. The number of ether oxygens (including phenoxy) is 11. The highest BCUT2D eigenvalue weighted by molar-refractivity contribution is 5.16. The Hall–Kier alpha value is -3.56. The van der Waals surface area contributed by atoms with Gasteiger partial charge < -0.3 is 52.1 Å². The second-order valence-electron chi connectivity index (χ2n) is 15.9. The van der Waals surface area contributed by atoms with Crippen LogP contribution in [0.4, 0.5) is 0 Å². The molecule has 57 heavy (non-hydrogen) atoms. The van der Waals surface area contributed by atoms with Crippen LogP contribution in [0, 0.1) is 0 Å². The Morgan fingerprint density at radius 1 is 0.421 bits per heavy atom. The van der Waals surface area contributed by atoms with Gasteiger partial charge in [0.15, 0.2) is 24.2 Å². The lowest BCUT2D eigenvalue weighted by Crippen LogP contribution is -2.62. The van der Waals surface area contributed by atoms with Crippen molar-refractivity contribution in [3.63, 3.8) is 0 Å². The Morgan fingerprint density at radius 3 is 1.44 bits per heavy atom.